The number of hydrogen-bond acceptors (Lipinski definition) is 4. The van der Waals surface area contributed by atoms with Crippen molar-refractivity contribution >= 4 is 23.1 Å². The predicted molar refractivity (Wildman–Crippen MR) is 232 cm³/mol. The van der Waals surface area contributed by atoms with Crippen LogP contribution >= 0.6 is 7.14 Å². The molecular formula is C51H36N3OP. The van der Waals surface area contributed by atoms with Crippen LogP contribution in [-0.2, 0) is 4.57 Å². The van der Waals surface area contributed by atoms with Gasteiger partial charge in [-0.15, -0.1) is 0 Å². The van der Waals surface area contributed by atoms with Gasteiger partial charge in [-0.05, 0) is 33.4 Å². The van der Waals surface area contributed by atoms with Crippen LogP contribution in [0.15, 0.2) is 218 Å². The molecular weight excluding hydrogens is 702 g/mol. The molecule has 4 nitrogen and oxygen atoms in total. The first-order valence-corrected chi connectivity index (χ1v) is 20.3. The van der Waals surface area contributed by atoms with Crippen molar-refractivity contribution in [2.24, 2.45) is 0 Å². The highest BCUT2D eigenvalue weighted by Crippen LogP contribution is 2.42. The Hall–Kier alpha value is -7.00. The van der Waals surface area contributed by atoms with E-state index in [0.717, 1.165) is 66.0 Å². The second-order valence-corrected chi connectivity index (χ2v) is 16.4. The highest BCUT2D eigenvalue weighted by atomic mass is 31.2. The normalized spacial score (nSPS) is 11.3. The van der Waals surface area contributed by atoms with Crippen LogP contribution < -0.4 is 15.9 Å². The molecule has 0 aliphatic heterocycles. The van der Waals surface area contributed by atoms with Crippen molar-refractivity contribution in [1.82, 2.24) is 15.0 Å². The van der Waals surface area contributed by atoms with Gasteiger partial charge >= 0.3 is 0 Å². The lowest BCUT2D eigenvalue weighted by molar-refractivity contribution is 0.592. The summed E-state index contributed by atoms with van der Waals surface area (Å²) in [6.07, 6.45) is 0. The van der Waals surface area contributed by atoms with Gasteiger partial charge in [0.1, 0.15) is 0 Å². The second-order valence-electron chi connectivity index (χ2n) is 13.6. The summed E-state index contributed by atoms with van der Waals surface area (Å²) in [5.74, 6) is 1.93. The van der Waals surface area contributed by atoms with Crippen LogP contribution in [0, 0.1) is 0 Å². The Labute approximate surface area is 327 Å². The number of aromatic nitrogens is 3. The third kappa shape index (κ3) is 7.02. The van der Waals surface area contributed by atoms with Gasteiger partial charge in [0.2, 0.25) is 0 Å². The van der Waals surface area contributed by atoms with Gasteiger partial charge in [-0.1, -0.05) is 218 Å². The fourth-order valence-electron chi connectivity index (χ4n) is 7.05. The van der Waals surface area contributed by atoms with Crippen molar-refractivity contribution in [3.05, 3.63) is 218 Å². The molecule has 0 fully saturated rings. The lowest BCUT2D eigenvalue weighted by Crippen LogP contribution is -2.24. The largest absolute Gasteiger partial charge is 0.309 e. The smallest absolute Gasteiger partial charge is 0.171 e. The molecule has 0 unspecified atom stereocenters. The van der Waals surface area contributed by atoms with Crippen LogP contribution in [0.4, 0.5) is 0 Å². The number of benzene rings is 8. The van der Waals surface area contributed by atoms with Crippen LogP contribution in [0.25, 0.3) is 67.5 Å². The van der Waals surface area contributed by atoms with E-state index >= 15 is 0 Å². The maximum atomic E-state index is 14.8. The summed E-state index contributed by atoms with van der Waals surface area (Å²) in [6, 6.07) is 73.5. The van der Waals surface area contributed by atoms with E-state index in [1.54, 1.807) is 0 Å². The minimum atomic E-state index is -3.01. The van der Waals surface area contributed by atoms with Gasteiger partial charge in [0.15, 0.2) is 24.6 Å². The summed E-state index contributed by atoms with van der Waals surface area (Å²) in [6.45, 7) is 0. The molecule has 9 aromatic rings. The van der Waals surface area contributed by atoms with Crippen LogP contribution in [0.3, 0.4) is 0 Å². The average molecular weight is 738 g/mol. The highest BCUT2D eigenvalue weighted by Gasteiger charge is 2.29. The van der Waals surface area contributed by atoms with Gasteiger partial charge in [0, 0.05) is 32.6 Å². The molecule has 9 rings (SSSR count). The summed E-state index contributed by atoms with van der Waals surface area (Å²) >= 11 is 0. The zero-order valence-electron chi connectivity index (χ0n) is 30.5. The minimum absolute atomic E-state index is 0.637. The van der Waals surface area contributed by atoms with Crippen molar-refractivity contribution in [3.63, 3.8) is 0 Å². The number of hydrogen-bond donors (Lipinski definition) is 0. The second kappa shape index (κ2) is 15.4. The third-order valence-corrected chi connectivity index (χ3v) is 13.2. The molecule has 0 radical (unpaired) electrons. The molecule has 0 aliphatic carbocycles. The van der Waals surface area contributed by atoms with E-state index in [1.807, 2.05) is 133 Å². The Kier molecular flexibility index (Phi) is 9.55. The summed E-state index contributed by atoms with van der Waals surface area (Å²) in [7, 11) is -3.01. The van der Waals surface area contributed by atoms with Crippen LogP contribution in [0.1, 0.15) is 0 Å². The maximum Gasteiger partial charge on any atom is 0.171 e. The lowest BCUT2D eigenvalue weighted by Gasteiger charge is -2.20. The van der Waals surface area contributed by atoms with Crippen molar-refractivity contribution in [1.29, 1.82) is 0 Å². The van der Waals surface area contributed by atoms with Gasteiger partial charge < -0.3 is 4.57 Å². The fourth-order valence-corrected chi connectivity index (χ4v) is 9.69. The first-order chi connectivity index (χ1) is 27.6. The monoisotopic (exact) mass is 737 g/mol. The Balaban J connectivity index is 0.929. The molecule has 0 saturated heterocycles. The Bertz CT molecular complexity index is 2660. The van der Waals surface area contributed by atoms with Crippen LogP contribution in [0.2, 0.25) is 0 Å². The zero-order valence-corrected chi connectivity index (χ0v) is 31.4. The first-order valence-electron chi connectivity index (χ1n) is 18.6. The van der Waals surface area contributed by atoms with E-state index in [9.17, 15) is 4.57 Å². The molecule has 1 aromatic heterocycles. The zero-order chi connectivity index (χ0) is 37.7. The molecule has 0 bridgehead atoms. The molecule has 0 saturated carbocycles. The number of rotatable bonds is 9. The minimum Gasteiger partial charge on any atom is -0.309 e. The molecule has 0 N–H and O–H groups in total. The van der Waals surface area contributed by atoms with Crippen molar-refractivity contribution < 1.29 is 4.57 Å². The van der Waals surface area contributed by atoms with Crippen LogP contribution in [0.5, 0.6) is 0 Å². The summed E-state index contributed by atoms with van der Waals surface area (Å²) in [4.78, 5) is 14.6. The molecule has 0 atom stereocenters. The summed E-state index contributed by atoms with van der Waals surface area (Å²) in [5, 5.41) is 2.49. The fraction of sp³-hybridized carbons (Fsp3) is 0. The Morgan fingerprint density at radius 1 is 0.232 bits per heavy atom. The molecule has 266 valence electrons. The molecule has 8 aromatic carbocycles. The molecule has 5 heteroatoms. The van der Waals surface area contributed by atoms with Crippen LogP contribution in [-0.4, -0.2) is 15.0 Å². The molecule has 1 heterocycles. The van der Waals surface area contributed by atoms with Gasteiger partial charge in [0.25, 0.3) is 0 Å². The van der Waals surface area contributed by atoms with Crippen molar-refractivity contribution in [3.8, 4) is 67.5 Å². The van der Waals surface area contributed by atoms with E-state index in [4.69, 9.17) is 15.0 Å². The summed E-state index contributed by atoms with van der Waals surface area (Å²) in [5.41, 5.74) is 9.55. The summed E-state index contributed by atoms with van der Waals surface area (Å²) < 4.78 is 14.8. The van der Waals surface area contributed by atoms with E-state index in [1.165, 1.54) is 0 Å². The molecule has 0 aliphatic rings. The standard InChI is InChI=1S/C51H36N3OP/c55-56(46-17-9-3-10-18-46,47-19-11-4-12-20-47)48-35-33-42(34-36-48)40-27-25-38(26-28-40)37-21-23-39(24-22-37)41-29-31-45(32-30-41)51-53-49(43-13-5-1-6-14-43)52-50(54-51)44-15-7-2-8-16-44/h1-36H. The maximum absolute atomic E-state index is 14.8. The van der Waals surface area contributed by atoms with E-state index < -0.39 is 7.14 Å². The van der Waals surface area contributed by atoms with Crippen molar-refractivity contribution in [2.75, 3.05) is 0 Å². The molecule has 56 heavy (non-hydrogen) atoms. The van der Waals surface area contributed by atoms with Gasteiger partial charge in [0.05, 0.1) is 0 Å². The highest BCUT2D eigenvalue weighted by molar-refractivity contribution is 7.85. The number of nitrogens with zero attached hydrogens (tertiary/aromatic N) is 3. The topological polar surface area (TPSA) is 55.7 Å². The molecule has 0 spiro atoms. The average Bonchev–Trinajstić information content (AvgIpc) is 3.30. The quantitative estimate of drug-likeness (QED) is 0.138. The first kappa shape index (κ1) is 34.7. The Morgan fingerprint density at radius 2 is 0.446 bits per heavy atom. The van der Waals surface area contributed by atoms with E-state index in [0.29, 0.717) is 17.5 Å². The van der Waals surface area contributed by atoms with E-state index in [2.05, 4.69) is 84.9 Å². The predicted octanol–water partition coefficient (Wildman–Crippen LogP) is 11.5. The lowest BCUT2D eigenvalue weighted by atomic mass is 9.97. The van der Waals surface area contributed by atoms with Crippen molar-refractivity contribution in [2.45, 2.75) is 0 Å². The SMILES string of the molecule is O=P(c1ccccc1)(c1ccccc1)c1ccc(-c2ccc(-c3ccc(-c4ccc(-c5nc(-c6ccccc6)nc(-c6ccccc6)n5)cc4)cc3)cc2)cc1. The third-order valence-electron chi connectivity index (χ3n) is 10.1. The molecule has 0 amide bonds. The van der Waals surface area contributed by atoms with Gasteiger partial charge in [-0.3, -0.25) is 0 Å². The van der Waals surface area contributed by atoms with Gasteiger partial charge in [-0.2, -0.15) is 0 Å². The Morgan fingerprint density at radius 3 is 0.750 bits per heavy atom. The van der Waals surface area contributed by atoms with Gasteiger partial charge in [-0.25, -0.2) is 15.0 Å². The van der Waals surface area contributed by atoms with E-state index in [-0.39, 0.29) is 0 Å².